The molecule has 0 radical (unpaired) electrons. The normalized spacial score (nSPS) is 12.6. The maximum atomic E-state index is 13.9. The maximum absolute atomic E-state index is 13.9. The Kier molecular flexibility index (Phi) is 6.65. The molecule has 0 aliphatic rings. The fourth-order valence-corrected chi connectivity index (χ4v) is 4.12. The molecule has 0 spiro atoms. The van der Waals surface area contributed by atoms with E-state index in [0.717, 1.165) is 18.9 Å². The third-order valence-corrected chi connectivity index (χ3v) is 6.85. The molecule has 120 valence electrons. The van der Waals surface area contributed by atoms with E-state index in [2.05, 4.69) is 4.72 Å². The Hall–Kier alpha value is -0.630. The minimum atomic E-state index is -3.86. The van der Waals surface area contributed by atoms with E-state index >= 15 is 0 Å². The highest BCUT2D eigenvalue weighted by molar-refractivity contribution is 8.00. The summed E-state index contributed by atoms with van der Waals surface area (Å²) in [6.45, 7) is 4.49. The molecule has 0 saturated heterocycles. The van der Waals surface area contributed by atoms with E-state index in [-0.39, 0.29) is 22.7 Å². The number of rotatable bonds is 8. The van der Waals surface area contributed by atoms with Crippen LogP contribution in [0.25, 0.3) is 0 Å². The van der Waals surface area contributed by atoms with Crippen LogP contribution >= 0.6 is 11.8 Å². The Bertz CT molecular complexity index is 564. The first-order valence-corrected chi connectivity index (χ1v) is 9.58. The van der Waals surface area contributed by atoms with Gasteiger partial charge in [0.2, 0.25) is 10.0 Å². The molecular formula is C14H23FN2O2S2. The average molecular weight is 334 g/mol. The molecule has 21 heavy (non-hydrogen) atoms. The van der Waals surface area contributed by atoms with Crippen LogP contribution in [0.15, 0.2) is 23.1 Å². The van der Waals surface area contributed by atoms with Gasteiger partial charge in [0, 0.05) is 17.8 Å². The fourth-order valence-electron chi connectivity index (χ4n) is 2.05. The molecule has 7 heteroatoms. The number of thioether (sulfide) groups is 1. The minimum Gasteiger partial charge on any atom is -0.326 e. The number of halogens is 1. The van der Waals surface area contributed by atoms with E-state index in [1.54, 1.807) is 11.8 Å². The van der Waals surface area contributed by atoms with Crippen molar-refractivity contribution in [1.82, 2.24) is 4.72 Å². The fraction of sp³-hybridized carbons (Fsp3) is 0.571. The van der Waals surface area contributed by atoms with Crippen LogP contribution in [0.2, 0.25) is 0 Å². The molecule has 0 bridgehead atoms. The second kappa shape index (κ2) is 7.58. The predicted octanol–water partition coefficient (Wildman–Crippen LogP) is 2.48. The van der Waals surface area contributed by atoms with E-state index in [1.165, 1.54) is 12.1 Å². The van der Waals surface area contributed by atoms with Gasteiger partial charge in [-0.25, -0.2) is 17.5 Å². The number of sulfonamides is 1. The molecule has 0 unspecified atom stereocenters. The average Bonchev–Trinajstić information content (AvgIpc) is 2.48. The van der Waals surface area contributed by atoms with Crippen molar-refractivity contribution in [3.63, 3.8) is 0 Å². The lowest BCUT2D eigenvalue weighted by Crippen LogP contribution is -2.39. The van der Waals surface area contributed by atoms with Gasteiger partial charge in [-0.1, -0.05) is 19.9 Å². The van der Waals surface area contributed by atoms with E-state index in [1.807, 2.05) is 20.1 Å². The van der Waals surface area contributed by atoms with Gasteiger partial charge in [-0.3, -0.25) is 0 Å². The van der Waals surface area contributed by atoms with Crippen LogP contribution in [0, 0.1) is 5.82 Å². The Morgan fingerprint density at radius 1 is 1.33 bits per heavy atom. The zero-order valence-corrected chi connectivity index (χ0v) is 14.3. The number of nitrogens with one attached hydrogen (secondary N) is 1. The van der Waals surface area contributed by atoms with Crippen molar-refractivity contribution < 1.29 is 12.8 Å². The summed E-state index contributed by atoms with van der Waals surface area (Å²) in [4.78, 5) is -0.332. The predicted molar refractivity (Wildman–Crippen MR) is 86.3 cm³/mol. The van der Waals surface area contributed by atoms with Crippen molar-refractivity contribution in [3.05, 3.63) is 29.6 Å². The number of nitrogens with two attached hydrogens (primary N) is 1. The number of benzene rings is 1. The standard InChI is InChI=1S/C14H23FN2O2S2/c1-4-14(5-2,20-3)10-17-21(18,19)13-7-6-11(9-16)8-12(13)15/h6-8,17H,4-5,9-10,16H2,1-3H3. The van der Waals surface area contributed by atoms with Gasteiger partial charge >= 0.3 is 0 Å². The minimum absolute atomic E-state index is 0.166. The monoisotopic (exact) mass is 334 g/mol. The Labute approximate surface area is 130 Å². The first kappa shape index (κ1) is 18.4. The van der Waals surface area contributed by atoms with Crippen LogP contribution in [0.4, 0.5) is 4.39 Å². The third-order valence-electron chi connectivity index (χ3n) is 3.83. The maximum Gasteiger partial charge on any atom is 0.243 e. The number of hydrogen-bond acceptors (Lipinski definition) is 4. The molecule has 4 nitrogen and oxygen atoms in total. The third kappa shape index (κ3) is 4.42. The van der Waals surface area contributed by atoms with Crippen LogP contribution < -0.4 is 10.5 Å². The smallest absolute Gasteiger partial charge is 0.243 e. The highest BCUT2D eigenvalue weighted by atomic mass is 32.2. The van der Waals surface area contributed by atoms with Crippen molar-refractivity contribution >= 4 is 21.8 Å². The molecule has 0 atom stereocenters. The van der Waals surface area contributed by atoms with E-state index in [4.69, 9.17) is 5.73 Å². The summed E-state index contributed by atoms with van der Waals surface area (Å²) < 4.78 is 40.8. The molecule has 0 aliphatic heterocycles. The molecule has 1 aromatic carbocycles. The van der Waals surface area contributed by atoms with Gasteiger partial charge in [-0.05, 0) is 36.8 Å². The van der Waals surface area contributed by atoms with Gasteiger partial charge in [0.1, 0.15) is 10.7 Å². The van der Waals surface area contributed by atoms with Gasteiger partial charge < -0.3 is 5.73 Å². The van der Waals surface area contributed by atoms with Crippen LogP contribution in [0.5, 0.6) is 0 Å². The summed E-state index contributed by atoms with van der Waals surface area (Å²) in [6.07, 6.45) is 3.63. The zero-order chi connectivity index (χ0) is 16.1. The van der Waals surface area contributed by atoms with E-state index < -0.39 is 15.8 Å². The summed E-state index contributed by atoms with van der Waals surface area (Å²) in [5, 5.41) is 0. The quantitative estimate of drug-likeness (QED) is 0.766. The van der Waals surface area contributed by atoms with Crippen molar-refractivity contribution in [2.24, 2.45) is 5.73 Å². The van der Waals surface area contributed by atoms with Crippen molar-refractivity contribution in [1.29, 1.82) is 0 Å². The lowest BCUT2D eigenvalue weighted by molar-refractivity contribution is 0.516. The topological polar surface area (TPSA) is 72.2 Å². The van der Waals surface area contributed by atoms with Crippen LogP contribution in [0.3, 0.4) is 0 Å². The molecule has 1 aromatic rings. The van der Waals surface area contributed by atoms with E-state index in [0.29, 0.717) is 5.56 Å². The van der Waals surface area contributed by atoms with Gasteiger partial charge in [-0.2, -0.15) is 11.8 Å². The highest BCUT2D eigenvalue weighted by Gasteiger charge is 2.28. The molecule has 0 aliphatic carbocycles. The summed E-state index contributed by atoms with van der Waals surface area (Å²) in [7, 11) is -3.86. The molecule has 0 heterocycles. The summed E-state index contributed by atoms with van der Waals surface area (Å²) in [5.74, 6) is -0.770. The summed E-state index contributed by atoms with van der Waals surface area (Å²) in [6, 6.07) is 3.95. The second-order valence-corrected chi connectivity index (χ2v) is 7.90. The zero-order valence-electron chi connectivity index (χ0n) is 12.6. The second-order valence-electron chi connectivity index (χ2n) is 4.89. The van der Waals surface area contributed by atoms with Gasteiger partial charge in [0.25, 0.3) is 0 Å². The van der Waals surface area contributed by atoms with Crippen LogP contribution in [0.1, 0.15) is 32.3 Å². The highest BCUT2D eigenvalue weighted by Crippen LogP contribution is 2.30. The molecule has 0 saturated carbocycles. The van der Waals surface area contributed by atoms with E-state index in [9.17, 15) is 12.8 Å². The first-order valence-electron chi connectivity index (χ1n) is 6.87. The molecule has 1 rings (SSSR count). The van der Waals surface area contributed by atoms with Crippen LogP contribution in [-0.4, -0.2) is 26.0 Å². The SMILES string of the molecule is CCC(CC)(CNS(=O)(=O)c1ccc(CN)cc1F)SC. The molecular weight excluding hydrogens is 311 g/mol. The molecule has 0 fully saturated rings. The Morgan fingerprint density at radius 2 is 1.95 bits per heavy atom. The molecule has 0 amide bonds. The van der Waals surface area contributed by atoms with Crippen molar-refractivity contribution in [2.45, 2.75) is 42.9 Å². The van der Waals surface area contributed by atoms with Gasteiger partial charge in [0.05, 0.1) is 0 Å². The van der Waals surface area contributed by atoms with Gasteiger partial charge in [0.15, 0.2) is 0 Å². The number of hydrogen-bond donors (Lipinski definition) is 2. The van der Waals surface area contributed by atoms with Crippen molar-refractivity contribution in [3.8, 4) is 0 Å². The summed E-state index contributed by atoms with van der Waals surface area (Å²) >= 11 is 1.63. The first-order chi connectivity index (χ1) is 9.84. The lowest BCUT2D eigenvalue weighted by Gasteiger charge is -2.29. The lowest BCUT2D eigenvalue weighted by atomic mass is 10.0. The summed E-state index contributed by atoms with van der Waals surface area (Å²) in [5.41, 5.74) is 5.98. The largest absolute Gasteiger partial charge is 0.326 e. The van der Waals surface area contributed by atoms with Crippen molar-refractivity contribution in [2.75, 3.05) is 12.8 Å². The Morgan fingerprint density at radius 3 is 2.38 bits per heavy atom. The van der Waals surface area contributed by atoms with Crippen LogP contribution in [-0.2, 0) is 16.6 Å². The Balaban J connectivity index is 2.97. The molecule has 0 aromatic heterocycles. The molecule has 3 N–H and O–H groups in total. The van der Waals surface area contributed by atoms with Gasteiger partial charge in [-0.15, -0.1) is 0 Å².